The lowest BCUT2D eigenvalue weighted by Gasteiger charge is -2.44. The third-order valence-electron chi connectivity index (χ3n) is 12.4. The van der Waals surface area contributed by atoms with Gasteiger partial charge in [0.15, 0.2) is 0 Å². The second-order valence-corrected chi connectivity index (χ2v) is 23.3. The number of rotatable bonds is 2. The largest absolute Gasteiger partial charge is 0.311 e. The Hall–Kier alpha value is -4.28. The predicted octanol–water partition coefficient (Wildman–Crippen LogP) is 13.8. The summed E-state index contributed by atoms with van der Waals surface area (Å²) in [6.45, 7) is 37.4. The summed E-state index contributed by atoms with van der Waals surface area (Å²) in [5, 5.41) is 1.33. The van der Waals surface area contributed by atoms with Crippen LogP contribution < -0.4 is 25.5 Å². The molecule has 57 heavy (non-hydrogen) atoms. The van der Waals surface area contributed by atoms with Crippen molar-refractivity contribution >= 4 is 78.0 Å². The molecule has 2 aliphatic rings. The number of fused-ring (bicyclic) bond motifs is 6. The molecule has 0 radical (unpaired) electrons. The Labute approximate surface area is 348 Å². The van der Waals surface area contributed by atoms with Gasteiger partial charge in [-0.2, -0.15) is 0 Å². The van der Waals surface area contributed by atoms with Crippen molar-refractivity contribution in [3.8, 4) is 0 Å². The monoisotopic (exact) mass is 770 g/mol. The molecule has 8 rings (SSSR count). The second kappa shape index (κ2) is 12.9. The van der Waals surface area contributed by atoms with E-state index in [0.717, 1.165) is 0 Å². The van der Waals surface area contributed by atoms with E-state index in [4.69, 9.17) is 0 Å². The SMILES string of the molecule is Cc1cc2c3c(c1)N(c1ccc(C(C)(C)C)cc1)c1c(sc4cc(C(C)(C)C)ccc14)B3c1ccc(C(C)(C)C)cc1N2c1cc(C(C)(C)C)cc(C(C)(C)C)c1. The van der Waals surface area contributed by atoms with Crippen LogP contribution in [0.15, 0.2) is 91.0 Å². The van der Waals surface area contributed by atoms with E-state index >= 15 is 0 Å². The Balaban J connectivity index is 1.50. The average molecular weight is 771 g/mol. The van der Waals surface area contributed by atoms with E-state index in [1.165, 1.54) is 93.3 Å². The number of aryl methyl sites for hydroxylation is 1. The van der Waals surface area contributed by atoms with Gasteiger partial charge in [-0.1, -0.05) is 146 Å². The van der Waals surface area contributed by atoms with Gasteiger partial charge in [0.1, 0.15) is 0 Å². The highest BCUT2D eigenvalue weighted by Crippen LogP contribution is 2.50. The summed E-state index contributed by atoms with van der Waals surface area (Å²) in [4.78, 5) is 5.24. The second-order valence-electron chi connectivity index (χ2n) is 22.2. The van der Waals surface area contributed by atoms with Gasteiger partial charge in [0.05, 0.1) is 5.69 Å². The van der Waals surface area contributed by atoms with Crippen LogP contribution in [0.1, 0.15) is 137 Å². The summed E-state index contributed by atoms with van der Waals surface area (Å²) in [5.41, 5.74) is 18.6. The maximum Gasteiger partial charge on any atom is 0.264 e. The van der Waals surface area contributed by atoms with Crippen molar-refractivity contribution in [3.63, 3.8) is 0 Å². The summed E-state index contributed by atoms with van der Waals surface area (Å²) in [6, 6.07) is 36.4. The lowest BCUT2D eigenvalue weighted by molar-refractivity contribution is 0.569. The average Bonchev–Trinajstić information content (AvgIpc) is 3.47. The number of benzene rings is 5. The van der Waals surface area contributed by atoms with Gasteiger partial charge in [-0.15, -0.1) is 11.3 Å². The van der Waals surface area contributed by atoms with Crippen LogP contribution in [0.5, 0.6) is 0 Å². The molecule has 0 atom stereocenters. The molecule has 0 aliphatic carbocycles. The van der Waals surface area contributed by atoms with Crippen LogP contribution in [0.3, 0.4) is 0 Å². The minimum absolute atomic E-state index is 0.00270. The van der Waals surface area contributed by atoms with Gasteiger partial charge >= 0.3 is 0 Å². The van der Waals surface area contributed by atoms with Crippen LogP contribution in [0, 0.1) is 6.92 Å². The van der Waals surface area contributed by atoms with Gasteiger partial charge in [-0.05, 0) is 127 Å². The van der Waals surface area contributed by atoms with Gasteiger partial charge in [0, 0.05) is 43.3 Å². The van der Waals surface area contributed by atoms with Crippen molar-refractivity contribution < 1.29 is 0 Å². The highest BCUT2D eigenvalue weighted by Gasteiger charge is 2.46. The van der Waals surface area contributed by atoms with Crippen molar-refractivity contribution in [1.82, 2.24) is 0 Å². The zero-order valence-corrected chi connectivity index (χ0v) is 38.4. The number of thiophene rings is 1. The zero-order valence-electron chi connectivity index (χ0n) is 37.5. The Morgan fingerprint density at radius 1 is 0.439 bits per heavy atom. The molecule has 0 fully saturated rings. The number of hydrogen-bond acceptors (Lipinski definition) is 3. The fraction of sp³-hybridized carbons (Fsp3) is 0.396. The fourth-order valence-corrected chi connectivity index (χ4v) is 10.2. The van der Waals surface area contributed by atoms with E-state index in [0.29, 0.717) is 0 Å². The molecule has 6 aromatic rings. The number of anilines is 6. The molecule has 0 spiro atoms. The maximum absolute atomic E-state index is 2.63. The van der Waals surface area contributed by atoms with Crippen molar-refractivity contribution in [2.75, 3.05) is 9.80 Å². The molecule has 0 saturated carbocycles. The lowest BCUT2D eigenvalue weighted by atomic mass is 9.36. The Morgan fingerprint density at radius 2 is 0.930 bits per heavy atom. The Bertz CT molecular complexity index is 2520. The van der Waals surface area contributed by atoms with Crippen LogP contribution in [-0.2, 0) is 27.1 Å². The van der Waals surface area contributed by atoms with Crippen LogP contribution in [0.4, 0.5) is 34.1 Å². The molecule has 2 aliphatic heterocycles. The van der Waals surface area contributed by atoms with Gasteiger partial charge < -0.3 is 9.80 Å². The van der Waals surface area contributed by atoms with E-state index in [1.54, 1.807) is 0 Å². The first kappa shape index (κ1) is 39.5. The van der Waals surface area contributed by atoms with Gasteiger partial charge in [0.25, 0.3) is 6.71 Å². The first-order valence-corrected chi connectivity index (χ1v) is 21.9. The fourth-order valence-electron chi connectivity index (χ4n) is 8.81. The minimum atomic E-state index is -0.00957. The number of hydrogen-bond donors (Lipinski definition) is 0. The molecule has 0 unspecified atom stereocenters. The molecule has 2 nitrogen and oxygen atoms in total. The summed E-state index contributed by atoms with van der Waals surface area (Å²) in [5.74, 6) is 0. The Morgan fingerprint density at radius 3 is 1.47 bits per heavy atom. The predicted molar refractivity (Wildman–Crippen MR) is 254 cm³/mol. The first-order chi connectivity index (χ1) is 26.3. The highest BCUT2D eigenvalue weighted by molar-refractivity contribution is 7.33. The van der Waals surface area contributed by atoms with Crippen molar-refractivity contribution in [2.45, 2.75) is 138 Å². The molecule has 3 heterocycles. The molecule has 294 valence electrons. The van der Waals surface area contributed by atoms with E-state index in [1.807, 2.05) is 11.3 Å². The molecule has 0 amide bonds. The third-order valence-corrected chi connectivity index (χ3v) is 13.6. The standard InChI is InChI=1S/C53H63BN2S/c1-32-25-43-46-44(26-32)56(38-21-17-33(18-22-38)49(2,3)4)47-40-23-19-35(51(8,9)10)31-45(40)57-48(47)54(46)41-24-20-34(50(5,6)7)30-42(41)55(43)39-28-36(52(11,12)13)27-37(29-39)53(14,15)16/h17-31H,1-16H3. The van der Waals surface area contributed by atoms with Crippen molar-refractivity contribution in [2.24, 2.45) is 0 Å². The molecule has 0 bridgehead atoms. The van der Waals surface area contributed by atoms with Crippen LogP contribution in [0.2, 0.25) is 0 Å². The summed E-state index contributed by atoms with van der Waals surface area (Å²) in [7, 11) is 0. The van der Waals surface area contributed by atoms with E-state index in [2.05, 4.69) is 212 Å². The quantitative estimate of drug-likeness (QED) is 0.162. The topological polar surface area (TPSA) is 6.48 Å². The third kappa shape index (κ3) is 6.74. The van der Waals surface area contributed by atoms with Crippen LogP contribution in [-0.4, -0.2) is 6.71 Å². The molecule has 0 saturated heterocycles. The maximum atomic E-state index is 2.63. The number of nitrogens with zero attached hydrogens (tertiary/aromatic N) is 2. The summed E-state index contributed by atoms with van der Waals surface area (Å²) < 4.78 is 2.79. The lowest BCUT2D eigenvalue weighted by Crippen LogP contribution is -2.60. The Kier molecular flexibility index (Phi) is 8.92. The van der Waals surface area contributed by atoms with Crippen molar-refractivity contribution in [3.05, 3.63) is 124 Å². The normalized spacial score (nSPS) is 14.6. The van der Waals surface area contributed by atoms with Crippen molar-refractivity contribution in [1.29, 1.82) is 0 Å². The smallest absolute Gasteiger partial charge is 0.264 e. The van der Waals surface area contributed by atoms with E-state index in [-0.39, 0.29) is 33.8 Å². The minimum Gasteiger partial charge on any atom is -0.311 e. The summed E-state index contributed by atoms with van der Waals surface area (Å²) in [6.07, 6.45) is 0. The van der Waals surface area contributed by atoms with Crippen LogP contribution >= 0.6 is 11.3 Å². The van der Waals surface area contributed by atoms with Gasteiger partial charge in [0.2, 0.25) is 0 Å². The molecule has 4 heteroatoms. The van der Waals surface area contributed by atoms with Gasteiger partial charge in [-0.3, -0.25) is 0 Å². The summed E-state index contributed by atoms with van der Waals surface area (Å²) >= 11 is 2.00. The molecular weight excluding hydrogens is 707 g/mol. The van der Waals surface area contributed by atoms with Gasteiger partial charge in [-0.25, -0.2) is 0 Å². The molecule has 1 aromatic heterocycles. The first-order valence-electron chi connectivity index (χ1n) is 21.1. The molecule has 0 N–H and O–H groups in total. The van der Waals surface area contributed by atoms with E-state index in [9.17, 15) is 0 Å². The molecular formula is C53H63BN2S. The highest BCUT2D eigenvalue weighted by atomic mass is 32.1. The molecule has 5 aromatic carbocycles. The van der Waals surface area contributed by atoms with E-state index < -0.39 is 0 Å². The van der Waals surface area contributed by atoms with Crippen LogP contribution in [0.25, 0.3) is 10.1 Å². The zero-order chi connectivity index (χ0) is 41.4.